The Kier molecular flexibility index (Phi) is 3.27. The Morgan fingerprint density at radius 2 is 1.71 bits per heavy atom. The van der Waals surface area contributed by atoms with Gasteiger partial charge in [0, 0.05) is 5.02 Å². The van der Waals surface area contributed by atoms with E-state index < -0.39 is 0 Å². The van der Waals surface area contributed by atoms with Crippen LogP contribution in [0.25, 0.3) is 5.57 Å². The standard InChI is InChI=1S/C15H10ClN/c1-11(12-6-8-14(16)9-7-12)15-5-3-2-4-13(15)10-17/h2-9H,1H2. The fourth-order valence-electron chi connectivity index (χ4n) is 1.65. The van der Waals surface area contributed by atoms with Gasteiger partial charge in [-0.05, 0) is 34.9 Å². The lowest BCUT2D eigenvalue weighted by Gasteiger charge is -2.08. The predicted molar refractivity (Wildman–Crippen MR) is 70.7 cm³/mol. The highest BCUT2D eigenvalue weighted by molar-refractivity contribution is 6.30. The molecule has 2 aromatic carbocycles. The summed E-state index contributed by atoms with van der Waals surface area (Å²) in [5.41, 5.74) is 3.29. The van der Waals surface area contributed by atoms with Crippen LogP contribution in [0, 0.1) is 11.3 Å². The maximum atomic E-state index is 9.05. The molecule has 1 nitrogen and oxygen atoms in total. The topological polar surface area (TPSA) is 23.8 Å². The van der Waals surface area contributed by atoms with Gasteiger partial charge < -0.3 is 0 Å². The van der Waals surface area contributed by atoms with Gasteiger partial charge in [-0.1, -0.05) is 48.5 Å². The number of benzene rings is 2. The van der Waals surface area contributed by atoms with Crippen molar-refractivity contribution in [3.05, 3.63) is 76.8 Å². The van der Waals surface area contributed by atoms with Crippen LogP contribution in [0.4, 0.5) is 0 Å². The van der Waals surface area contributed by atoms with E-state index in [0.29, 0.717) is 10.6 Å². The van der Waals surface area contributed by atoms with Crippen LogP contribution in [0.15, 0.2) is 55.1 Å². The number of halogens is 1. The Morgan fingerprint density at radius 3 is 2.35 bits per heavy atom. The first-order valence-electron chi connectivity index (χ1n) is 5.16. The molecule has 0 saturated carbocycles. The summed E-state index contributed by atoms with van der Waals surface area (Å²) < 4.78 is 0. The molecule has 0 heterocycles. The lowest BCUT2D eigenvalue weighted by Crippen LogP contribution is -1.90. The lowest BCUT2D eigenvalue weighted by atomic mass is 9.96. The van der Waals surface area contributed by atoms with E-state index in [9.17, 15) is 0 Å². The Balaban J connectivity index is 2.44. The van der Waals surface area contributed by atoms with Gasteiger partial charge in [-0.15, -0.1) is 0 Å². The maximum Gasteiger partial charge on any atom is 0.0998 e. The van der Waals surface area contributed by atoms with Crippen molar-refractivity contribution in [2.24, 2.45) is 0 Å². The first kappa shape index (κ1) is 11.4. The van der Waals surface area contributed by atoms with E-state index in [1.54, 1.807) is 6.07 Å². The van der Waals surface area contributed by atoms with Crippen molar-refractivity contribution in [2.75, 3.05) is 0 Å². The molecule has 0 atom stereocenters. The smallest absolute Gasteiger partial charge is 0.0998 e. The van der Waals surface area contributed by atoms with Crippen LogP contribution in [0.1, 0.15) is 16.7 Å². The van der Waals surface area contributed by atoms with Gasteiger partial charge >= 0.3 is 0 Å². The van der Waals surface area contributed by atoms with Crippen molar-refractivity contribution < 1.29 is 0 Å². The highest BCUT2D eigenvalue weighted by Gasteiger charge is 2.06. The average molecular weight is 240 g/mol. The minimum atomic E-state index is 0.632. The van der Waals surface area contributed by atoms with E-state index >= 15 is 0 Å². The minimum Gasteiger partial charge on any atom is -0.192 e. The first-order chi connectivity index (χ1) is 8.22. The quantitative estimate of drug-likeness (QED) is 0.768. The van der Waals surface area contributed by atoms with Crippen molar-refractivity contribution in [3.63, 3.8) is 0 Å². The second kappa shape index (κ2) is 4.86. The molecule has 2 rings (SSSR count). The number of nitriles is 1. The van der Waals surface area contributed by atoms with Gasteiger partial charge in [0.05, 0.1) is 11.6 Å². The molecular formula is C15H10ClN. The van der Waals surface area contributed by atoms with Gasteiger partial charge in [-0.25, -0.2) is 0 Å². The van der Waals surface area contributed by atoms with Gasteiger partial charge in [0.15, 0.2) is 0 Å². The van der Waals surface area contributed by atoms with E-state index in [1.807, 2.05) is 42.5 Å². The Morgan fingerprint density at radius 1 is 1.06 bits per heavy atom. The molecule has 2 heteroatoms. The molecule has 0 aliphatic rings. The molecule has 0 radical (unpaired) electrons. The van der Waals surface area contributed by atoms with E-state index in [1.165, 1.54) is 0 Å². The summed E-state index contributed by atoms with van der Waals surface area (Å²) in [6.45, 7) is 4.04. The monoisotopic (exact) mass is 239 g/mol. The van der Waals surface area contributed by atoms with Gasteiger partial charge in [0.2, 0.25) is 0 Å². The molecule has 0 aliphatic carbocycles. The van der Waals surface area contributed by atoms with Gasteiger partial charge in [0.1, 0.15) is 0 Å². The normalized spacial score (nSPS) is 9.65. The van der Waals surface area contributed by atoms with Gasteiger partial charge in [-0.3, -0.25) is 0 Å². The highest BCUT2D eigenvalue weighted by Crippen LogP contribution is 2.25. The van der Waals surface area contributed by atoms with Crippen LogP contribution in [0.3, 0.4) is 0 Å². The molecule has 0 unspecified atom stereocenters. The van der Waals surface area contributed by atoms with Crippen LogP contribution < -0.4 is 0 Å². The summed E-state index contributed by atoms with van der Waals surface area (Å²) in [6.07, 6.45) is 0. The summed E-state index contributed by atoms with van der Waals surface area (Å²) in [7, 11) is 0. The van der Waals surface area contributed by atoms with E-state index in [4.69, 9.17) is 16.9 Å². The SMILES string of the molecule is C=C(c1ccc(Cl)cc1)c1ccccc1C#N. The minimum absolute atomic E-state index is 0.632. The third-order valence-electron chi connectivity index (χ3n) is 2.57. The third-order valence-corrected chi connectivity index (χ3v) is 2.82. The molecule has 0 aromatic heterocycles. The lowest BCUT2D eigenvalue weighted by molar-refractivity contribution is 1.45. The molecule has 2 aromatic rings. The molecule has 17 heavy (non-hydrogen) atoms. The molecule has 0 fully saturated rings. The zero-order chi connectivity index (χ0) is 12.3. The average Bonchev–Trinajstić information content (AvgIpc) is 2.39. The number of rotatable bonds is 2. The summed E-state index contributed by atoms with van der Waals surface area (Å²) in [5, 5.41) is 9.74. The highest BCUT2D eigenvalue weighted by atomic mass is 35.5. The zero-order valence-corrected chi connectivity index (χ0v) is 9.91. The Hall–Kier alpha value is -2.04. The van der Waals surface area contributed by atoms with Gasteiger partial charge in [-0.2, -0.15) is 5.26 Å². The first-order valence-corrected chi connectivity index (χ1v) is 5.54. The molecule has 0 bridgehead atoms. The van der Waals surface area contributed by atoms with Crippen LogP contribution in [-0.2, 0) is 0 Å². The Labute approximate surface area is 106 Å². The number of hydrogen-bond acceptors (Lipinski definition) is 1. The van der Waals surface area contributed by atoms with E-state index in [0.717, 1.165) is 16.7 Å². The van der Waals surface area contributed by atoms with E-state index in [2.05, 4.69) is 12.6 Å². The fourth-order valence-corrected chi connectivity index (χ4v) is 1.78. The molecule has 0 spiro atoms. The zero-order valence-electron chi connectivity index (χ0n) is 9.15. The van der Waals surface area contributed by atoms with Crippen molar-refractivity contribution in [1.82, 2.24) is 0 Å². The second-order valence-electron chi connectivity index (χ2n) is 3.64. The van der Waals surface area contributed by atoms with Crippen molar-refractivity contribution in [2.45, 2.75) is 0 Å². The van der Waals surface area contributed by atoms with Crippen molar-refractivity contribution in [3.8, 4) is 6.07 Å². The van der Waals surface area contributed by atoms with Crippen LogP contribution in [0.5, 0.6) is 0 Å². The largest absolute Gasteiger partial charge is 0.192 e. The predicted octanol–water partition coefficient (Wildman–Crippen LogP) is 4.27. The summed E-state index contributed by atoms with van der Waals surface area (Å²) in [4.78, 5) is 0. The van der Waals surface area contributed by atoms with Crippen LogP contribution in [-0.4, -0.2) is 0 Å². The third kappa shape index (κ3) is 2.38. The molecule has 0 N–H and O–H groups in total. The van der Waals surface area contributed by atoms with Crippen molar-refractivity contribution in [1.29, 1.82) is 5.26 Å². The Bertz CT molecular complexity index is 591. The fraction of sp³-hybridized carbons (Fsp3) is 0. The summed E-state index contributed by atoms with van der Waals surface area (Å²) in [5.74, 6) is 0. The van der Waals surface area contributed by atoms with Crippen molar-refractivity contribution >= 4 is 17.2 Å². The van der Waals surface area contributed by atoms with Crippen LogP contribution >= 0.6 is 11.6 Å². The number of nitrogens with zero attached hydrogens (tertiary/aromatic N) is 1. The summed E-state index contributed by atoms with van der Waals surface area (Å²) in [6, 6.07) is 17.0. The molecule has 0 amide bonds. The van der Waals surface area contributed by atoms with E-state index in [-0.39, 0.29) is 0 Å². The molecular weight excluding hydrogens is 230 g/mol. The van der Waals surface area contributed by atoms with Crippen LogP contribution in [0.2, 0.25) is 5.02 Å². The molecule has 0 aliphatic heterocycles. The van der Waals surface area contributed by atoms with Gasteiger partial charge in [0.25, 0.3) is 0 Å². The maximum absolute atomic E-state index is 9.05. The molecule has 0 saturated heterocycles. The molecule has 82 valence electrons. The number of hydrogen-bond donors (Lipinski definition) is 0. The summed E-state index contributed by atoms with van der Waals surface area (Å²) >= 11 is 5.84. The second-order valence-corrected chi connectivity index (χ2v) is 4.08.